The van der Waals surface area contributed by atoms with Gasteiger partial charge in [-0.1, -0.05) is 0 Å². The Hall–Kier alpha value is -0.120. The van der Waals surface area contributed by atoms with Crippen LogP contribution in [0.3, 0.4) is 0 Å². The van der Waals surface area contributed by atoms with Crippen LogP contribution in [0.5, 0.6) is 0 Å². The summed E-state index contributed by atoms with van der Waals surface area (Å²) in [5.41, 5.74) is 0. The van der Waals surface area contributed by atoms with Gasteiger partial charge in [-0.25, -0.2) is 0 Å². The molecule has 0 heterocycles. The second-order valence-electron chi connectivity index (χ2n) is 3.56. The van der Waals surface area contributed by atoms with Crippen molar-refractivity contribution < 1.29 is 5.11 Å². The predicted molar refractivity (Wildman–Crippen MR) is 52.3 cm³/mol. The Bertz CT molecular complexity index is 117. The van der Waals surface area contributed by atoms with Crippen molar-refractivity contribution >= 4 is 0 Å². The summed E-state index contributed by atoms with van der Waals surface area (Å²) in [6.45, 7) is 8.02. The molecule has 0 aliphatic carbocycles. The molecule has 3 nitrogen and oxygen atoms in total. The van der Waals surface area contributed by atoms with Crippen molar-refractivity contribution in [2.75, 3.05) is 7.05 Å². The fourth-order valence-electron chi connectivity index (χ4n) is 0.948. The number of hydrogen-bond donors (Lipinski definition) is 3. The molecule has 0 aromatic carbocycles. The van der Waals surface area contributed by atoms with E-state index in [2.05, 4.69) is 24.5 Å². The summed E-state index contributed by atoms with van der Waals surface area (Å²) in [7, 11) is 1.94. The van der Waals surface area contributed by atoms with E-state index < -0.39 is 0 Å². The smallest absolute Gasteiger partial charge is 0.0662 e. The number of nitrogens with one attached hydrogen (secondary N) is 2. The van der Waals surface area contributed by atoms with Crippen molar-refractivity contribution in [1.29, 1.82) is 0 Å². The minimum atomic E-state index is -0.295. The Kier molecular flexibility index (Phi) is 5.46. The van der Waals surface area contributed by atoms with Crippen LogP contribution in [0.1, 0.15) is 27.7 Å². The van der Waals surface area contributed by atoms with Crippen LogP contribution in [0.2, 0.25) is 0 Å². The lowest BCUT2D eigenvalue weighted by atomic mass is 10.1. The molecule has 4 unspecified atom stereocenters. The van der Waals surface area contributed by atoms with E-state index in [4.69, 9.17) is 0 Å². The Morgan fingerprint density at radius 2 is 1.42 bits per heavy atom. The molecular weight excluding hydrogens is 152 g/mol. The lowest BCUT2D eigenvalue weighted by molar-refractivity contribution is 0.144. The molecule has 0 aliphatic rings. The molecule has 0 aromatic rings. The molecule has 0 radical (unpaired) electrons. The predicted octanol–water partition coefficient (Wildman–Crippen LogP) is 0.342. The number of rotatable bonds is 5. The van der Waals surface area contributed by atoms with Crippen LogP contribution < -0.4 is 10.6 Å². The van der Waals surface area contributed by atoms with Gasteiger partial charge in [0.2, 0.25) is 0 Å². The number of aliphatic hydroxyl groups is 1. The molecule has 3 N–H and O–H groups in total. The molecular formula is C9H22N2O. The lowest BCUT2D eigenvalue weighted by Crippen LogP contribution is -2.49. The third kappa shape index (κ3) is 4.04. The van der Waals surface area contributed by atoms with Gasteiger partial charge in [0.1, 0.15) is 0 Å². The first kappa shape index (κ1) is 11.9. The molecule has 4 atom stereocenters. The topological polar surface area (TPSA) is 44.3 Å². The molecule has 0 fully saturated rings. The van der Waals surface area contributed by atoms with E-state index in [0.29, 0.717) is 12.1 Å². The summed E-state index contributed by atoms with van der Waals surface area (Å²) in [6.07, 6.45) is -0.295. The maximum Gasteiger partial charge on any atom is 0.0662 e. The average molecular weight is 174 g/mol. The van der Waals surface area contributed by atoms with E-state index in [-0.39, 0.29) is 12.1 Å². The van der Waals surface area contributed by atoms with Crippen molar-refractivity contribution in [3.8, 4) is 0 Å². The highest BCUT2D eigenvalue weighted by atomic mass is 16.3. The van der Waals surface area contributed by atoms with Crippen molar-refractivity contribution in [1.82, 2.24) is 10.6 Å². The summed E-state index contributed by atoms with van der Waals surface area (Å²) in [4.78, 5) is 0. The van der Waals surface area contributed by atoms with Crippen LogP contribution in [0.4, 0.5) is 0 Å². The maximum atomic E-state index is 9.24. The SMILES string of the molecule is CNC(C)C(C)NC(C)C(C)O. The van der Waals surface area contributed by atoms with E-state index in [9.17, 15) is 5.11 Å². The third-order valence-electron chi connectivity index (χ3n) is 2.45. The van der Waals surface area contributed by atoms with Crippen LogP contribution in [-0.4, -0.2) is 36.4 Å². The van der Waals surface area contributed by atoms with Gasteiger partial charge in [0.05, 0.1) is 6.10 Å². The zero-order valence-corrected chi connectivity index (χ0v) is 8.76. The van der Waals surface area contributed by atoms with Crippen LogP contribution in [0.15, 0.2) is 0 Å². The highest BCUT2D eigenvalue weighted by Gasteiger charge is 2.15. The zero-order chi connectivity index (χ0) is 9.72. The normalized spacial score (nSPS) is 21.5. The Morgan fingerprint density at radius 3 is 1.75 bits per heavy atom. The third-order valence-corrected chi connectivity index (χ3v) is 2.45. The van der Waals surface area contributed by atoms with Gasteiger partial charge in [0, 0.05) is 18.1 Å². The molecule has 0 aliphatic heterocycles. The molecule has 0 saturated heterocycles. The Morgan fingerprint density at radius 1 is 0.917 bits per heavy atom. The van der Waals surface area contributed by atoms with E-state index in [1.165, 1.54) is 0 Å². The fraction of sp³-hybridized carbons (Fsp3) is 1.00. The van der Waals surface area contributed by atoms with Gasteiger partial charge in [-0.2, -0.15) is 0 Å². The van der Waals surface area contributed by atoms with E-state index in [0.717, 1.165) is 0 Å². The monoisotopic (exact) mass is 174 g/mol. The molecule has 12 heavy (non-hydrogen) atoms. The lowest BCUT2D eigenvalue weighted by Gasteiger charge is -2.26. The van der Waals surface area contributed by atoms with Gasteiger partial charge in [-0.05, 0) is 34.7 Å². The standard InChI is InChI=1S/C9H22N2O/c1-6(10-5)7(2)11-8(3)9(4)12/h6-12H,1-5H3. The van der Waals surface area contributed by atoms with Gasteiger partial charge in [0.15, 0.2) is 0 Å². The average Bonchev–Trinajstić information content (AvgIpc) is 2.02. The summed E-state index contributed by atoms with van der Waals surface area (Å²) in [6, 6.07) is 0.946. The zero-order valence-electron chi connectivity index (χ0n) is 8.76. The fourth-order valence-corrected chi connectivity index (χ4v) is 0.948. The molecule has 0 saturated carbocycles. The van der Waals surface area contributed by atoms with Crippen molar-refractivity contribution in [2.24, 2.45) is 0 Å². The summed E-state index contributed by atoms with van der Waals surface area (Å²) < 4.78 is 0. The summed E-state index contributed by atoms with van der Waals surface area (Å²) in [5.74, 6) is 0. The second kappa shape index (κ2) is 5.51. The minimum absolute atomic E-state index is 0.149. The van der Waals surface area contributed by atoms with Crippen LogP contribution in [0.25, 0.3) is 0 Å². The summed E-state index contributed by atoms with van der Waals surface area (Å²) >= 11 is 0. The largest absolute Gasteiger partial charge is 0.392 e. The molecule has 0 rings (SSSR count). The first-order chi connectivity index (χ1) is 5.49. The van der Waals surface area contributed by atoms with E-state index >= 15 is 0 Å². The number of hydrogen-bond acceptors (Lipinski definition) is 3. The highest BCUT2D eigenvalue weighted by Crippen LogP contribution is 1.96. The van der Waals surface area contributed by atoms with Crippen molar-refractivity contribution in [3.63, 3.8) is 0 Å². The van der Waals surface area contributed by atoms with Crippen LogP contribution in [-0.2, 0) is 0 Å². The Labute approximate surface area is 75.6 Å². The molecule has 74 valence electrons. The quantitative estimate of drug-likeness (QED) is 0.563. The van der Waals surface area contributed by atoms with Crippen LogP contribution in [0, 0.1) is 0 Å². The van der Waals surface area contributed by atoms with Gasteiger partial charge in [-0.3, -0.25) is 0 Å². The van der Waals surface area contributed by atoms with Gasteiger partial charge < -0.3 is 15.7 Å². The van der Waals surface area contributed by atoms with Gasteiger partial charge in [0.25, 0.3) is 0 Å². The number of aliphatic hydroxyl groups excluding tert-OH is 1. The highest BCUT2D eigenvalue weighted by molar-refractivity contribution is 4.78. The first-order valence-electron chi connectivity index (χ1n) is 4.60. The van der Waals surface area contributed by atoms with Crippen LogP contribution >= 0.6 is 0 Å². The first-order valence-corrected chi connectivity index (χ1v) is 4.60. The van der Waals surface area contributed by atoms with Crippen molar-refractivity contribution in [2.45, 2.75) is 51.9 Å². The minimum Gasteiger partial charge on any atom is -0.392 e. The Balaban J connectivity index is 3.75. The molecule has 0 spiro atoms. The summed E-state index contributed by atoms with van der Waals surface area (Å²) in [5, 5.41) is 15.7. The molecule has 0 aromatic heterocycles. The second-order valence-corrected chi connectivity index (χ2v) is 3.56. The molecule has 0 amide bonds. The molecule has 3 heteroatoms. The van der Waals surface area contributed by atoms with E-state index in [1.807, 2.05) is 14.0 Å². The molecule has 0 bridgehead atoms. The maximum absolute atomic E-state index is 9.24. The van der Waals surface area contributed by atoms with Gasteiger partial charge in [-0.15, -0.1) is 0 Å². The van der Waals surface area contributed by atoms with E-state index in [1.54, 1.807) is 6.92 Å². The van der Waals surface area contributed by atoms with Crippen molar-refractivity contribution in [3.05, 3.63) is 0 Å². The van der Waals surface area contributed by atoms with Gasteiger partial charge >= 0.3 is 0 Å². The number of likely N-dealkylation sites (N-methyl/N-ethyl adjacent to an activating group) is 1.